The molecule has 120 valence electrons. The van der Waals surface area contributed by atoms with Gasteiger partial charge in [-0.05, 0) is 31.2 Å². The molecule has 3 aromatic rings. The van der Waals surface area contributed by atoms with Gasteiger partial charge in [0.15, 0.2) is 11.6 Å². The van der Waals surface area contributed by atoms with E-state index in [9.17, 15) is 17.2 Å². The highest BCUT2D eigenvalue weighted by Crippen LogP contribution is 2.27. The molecule has 0 spiro atoms. The van der Waals surface area contributed by atoms with Crippen LogP contribution in [0.1, 0.15) is 5.56 Å². The second kappa shape index (κ2) is 5.47. The molecule has 9 heteroatoms. The number of H-pyrrole nitrogens is 1. The van der Waals surface area contributed by atoms with Crippen LogP contribution in [0.2, 0.25) is 5.02 Å². The Labute approximate surface area is 135 Å². The van der Waals surface area contributed by atoms with Crippen LogP contribution in [0.25, 0.3) is 10.9 Å². The van der Waals surface area contributed by atoms with Gasteiger partial charge in [-0.25, -0.2) is 12.8 Å². The van der Waals surface area contributed by atoms with Crippen LogP contribution in [0.5, 0.6) is 0 Å². The maximum atomic E-state index is 13.8. The summed E-state index contributed by atoms with van der Waals surface area (Å²) in [6, 6.07) is 5.47. The van der Waals surface area contributed by atoms with E-state index in [1.807, 2.05) is 4.72 Å². The lowest BCUT2D eigenvalue weighted by Crippen LogP contribution is -2.15. The molecule has 0 aliphatic heterocycles. The smallest absolute Gasteiger partial charge is 0.265 e. The average Bonchev–Trinajstić information content (AvgIpc) is 2.88. The summed E-state index contributed by atoms with van der Waals surface area (Å²) < 4.78 is 54.0. The highest BCUT2D eigenvalue weighted by atomic mass is 35.5. The Morgan fingerprint density at radius 1 is 1.26 bits per heavy atom. The third-order valence-corrected chi connectivity index (χ3v) is 4.85. The van der Waals surface area contributed by atoms with Crippen molar-refractivity contribution >= 4 is 38.3 Å². The van der Waals surface area contributed by atoms with Crippen LogP contribution in [-0.4, -0.2) is 18.4 Å². The van der Waals surface area contributed by atoms with Gasteiger partial charge in [0.1, 0.15) is 4.90 Å². The molecule has 0 aliphatic rings. The standard InChI is InChI=1S/C14H10ClF2N3O2S/c1-7-4-10(16)14(19-13(7)17)20-23(21,22)12-6-18-11-5-8(15)2-3-9(11)12/h2-6,18H,1H3,(H,19,20). The lowest BCUT2D eigenvalue weighted by molar-refractivity contribution is 0.555. The van der Waals surface area contributed by atoms with E-state index in [2.05, 4.69) is 9.97 Å². The molecule has 0 saturated carbocycles. The number of nitrogens with one attached hydrogen (secondary N) is 2. The van der Waals surface area contributed by atoms with E-state index in [0.29, 0.717) is 15.9 Å². The van der Waals surface area contributed by atoms with Crippen LogP contribution >= 0.6 is 11.6 Å². The Morgan fingerprint density at radius 2 is 2.00 bits per heavy atom. The summed E-state index contributed by atoms with van der Waals surface area (Å²) in [5, 5.41) is 0.805. The number of aromatic amines is 1. The van der Waals surface area contributed by atoms with E-state index in [0.717, 1.165) is 6.07 Å². The molecule has 0 bridgehead atoms. The monoisotopic (exact) mass is 357 g/mol. The first kappa shape index (κ1) is 15.7. The van der Waals surface area contributed by atoms with E-state index < -0.39 is 27.6 Å². The van der Waals surface area contributed by atoms with E-state index in [4.69, 9.17) is 11.6 Å². The third kappa shape index (κ3) is 2.87. The molecular formula is C14H10ClF2N3O2S. The number of aryl methyl sites for hydroxylation is 1. The first-order valence-corrected chi connectivity index (χ1v) is 8.26. The van der Waals surface area contributed by atoms with Crippen LogP contribution in [0.3, 0.4) is 0 Å². The first-order chi connectivity index (χ1) is 10.8. The number of hydrogen-bond donors (Lipinski definition) is 2. The zero-order chi connectivity index (χ0) is 16.8. The SMILES string of the molecule is Cc1cc(F)c(NS(=O)(=O)c2c[nH]c3cc(Cl)ccc23)nc1F. The summed E-state index contributed by atoms with van der Waals surface area (Å²) in [5.74, 6) is -2.61. The van der Waals surface area contributed by atoms with Crippen molar-refractivity contribution in [3.63, 3.8) is 0 Å². The van der Waals surface area contributed by atoms with Crippen LogP contribution in [0.4, 0.5) is 14.6 Å². The Kier molecular flexibility index (Phi) is 3.73. The van der Waals surface area contributed by atoms with Gasteiger partial charge in [0.2, 0.25) is 5.95 Å². The summed E-state index contributed by atoms with van der Waals surface area (Å²) in [5.41, 5.74) is 0.480. The Hall–Kier alpha value is -2.19. The fourth-order valence-corrected chi connectivity index (χ4v) is 3.47. The lowest BCUT2D eigenvalue weighted by Gasteiger charge is -2.08. The van der Waals surface area contributed by atoms with Crippen molar-refractivity contribution in [3.05, 3.63) is 52.8 Å². The average molecular weight is 358 g/mol. The molecule has 0 unspecified atom stereocenters. The quantitative estimate of drug-likeness (QED) is 0.703. The van der Waals surface area contributed by atoms with Gasteiger partial charge in [-0.15, -0.1) is 0 Å². The van der Waals surface area contributed by atoms with Crippen molar-refractivity contribution in [2.45, 2.75) is 11.8 Å². The molecule has 0 amide bonds. The number of fused-ring (bicyclic) bond motifs is 1. The molecule has 2 N–H and O–H groups in total. The highest BCUT2D eigenvalue weighted by Gasteiger charge is 2.22. The maximum absolute atomic E-state index is 13.8. The fraction of sp³-hybridized carbons (Fsp3) is 0.0714. The van der Waals surface area contributed by atoms with Crippen molar-refractivity contribution in [3.8, 4) is 0 Å². The van der Waals surface area contributed by atoms with Gasteiger partial charge in [-0.1, -0.05) is 11.6 Å². The zero-order valence-corrected chi connectivity index (χ0v) is 13.3. The predicted octanol–water partition coefficient (Wildman–Crippen LogP) is 3.60. The van der Waals surface area contributed by atoms with Crippen molar-refractivity contribution < 1.29 is 17.2 Å². The number of hydrogen-bond acceptors (Lipinski definition) is 3. The second-order valence-corrected chi connectivity index (χ2v) is 6.96. The number of pyridine rings is 1. The molecule has 0 radical (unpaired) electrons. The van der Waals surface area contributed by atoms with Crippen molar-refractivity contribution in [2.75, 3.05) is 4.72 Å². The molecular weight excluding hydrogens is 348 g/mol. The molecule has 2 heterocycles. The van der Waals surface area contributed by atoms with Crippen molar-refractivity contribution in [1.82, 2.24) is 9.97 Å². The first-order valence-electron chi connectivity index (χ1n) is 6.40. The van der Waals surface area contributed by atoms with Gasteiger partial charge in [0.25, 0.3) is 10.0 Å². The topological polar surface area (TPSA) is 74.8 Å². The molecule has 0 aliphatic carbocycles. The van der Waals surface area contributed by atoms with Gasteiger partial charge in [-0.3, -0.25) is 4.72 Å². The normalized spacial score (nSPS) is 11.8. The largest absolute Gasteiger partial charge is 0.360 e. The number of nitrogens with zero attached hydrogens (tertiary/aromatic N) is 1. The Morgan fingerprint density at radius 3 is 2.74 bits per heavy atom. The van der Waals surface area contributed by atoms with E-state index in [-0.39, 0.29) is 10.5 Å². The summed E-state index contributed by atoms with van der Waals surface area (Å²) in [6.45, 7) is 1.33. The minimum atomic E-state index is -4.16. The van der Waals surface area contributed by atoms with Crippen molar-refractivity contribution in [1.29, 1.82) is 0 Å². The van der Waals surface area contributed by atoms with Crippen LogP contribution in [-0.2, 0) is 10.0 Å². The third-order valence-electron chi connectivity index (χ3n) is 3.23. The van der Waals surface area contributed by atoms with Crippen molar-refractivity contribution in [2.24, 2.45) is 0 Å². The molecule has 2 aromatic heterocycles. The molecule has 0 atom stereocenters. The van der Waals surface area contributed by atoms with Crippen LogP contribution < -0.4 is 4.72 Å². The van der Waals surface area contributed by atoms with E-state index >= 15 is 0 Å². The summed E-state index contributed by atoms with van der Waals surface area (Å²) in [6.07, 6.45) is 1.24. The number of anilines is 1. The number of aromatic nitrogens is 2. The fourth-order valence-electron chi connectivity index (χ4n) is 2.11. The van der Waals surface area contributed by atoms with E-state index in [1.54, 1.807) is 6.07 Å². The minimum Gasteiger partial charge on any atom is -0.360 e. The number of rotatable bonds is 3. The maximum Gasteiger partial charge on any atom is 0.265 e. The summed E-state index contributed by atoms with van der Waals surface area (Å²) in [7, 11) is -4.16. The van der Waals surface area contributed by atoms with Crippen LogP contribution in [0, 0.1) is 18.7 Å². The number of sulfonamides is 1. The van der Waals surface area contributed by atoms with Gasteiger partial charge < -0.3 is 4.98 Å². The molecule has 0 fully saturated rings. The molecule has 1 aromatic carbocycles. The van der Waals surface area contributed by atoms with Gasteiger partial charge >= 0.3 is 0 Å². The van der Waals surface area contributed by atoms with E-state index in [1.165, 1.54) is 25.3 Å². The lowest BCUT2D eigenvalue weighted by atomic mass is 10.2. The molecule has 5 nitrogen and oxygen atoms in total. The number of benzene rings is 1. The summed E-state index contributed by atoms with van der Waals surface area (Å²) in [4.78, 5) is 5.94. The molecule has 23 heavy (non-hydrogen) atoms. The van der Waals surface area contributed by atoms with Gasteiger partial charge in [0, 0.05) is 27.7 Å². The Bertz CT molecular complexity index is 1020. The predicted molar refractivity (Wildman–Crippen MR) is 83.0 cm³/mol. The minimum absolute atomic E-state index is 0.0211. The number of halogens is 3. The van der Waals surface area contributed by atoms with Gasteiger partial charge in [0.05, 0.1) is 0 Å². The second-order valence-electron chi connectivity index (χ2n) is 4.87. The van der Waals surface area contributed by atoms with Crippen LogP contribution in [0.15, 0.2) is 35.4 Å². The Balaban J connectivity index is 2.06. The summed E-state index contributed by atoms with van der Waals surface area (Å²) >= 11 is 5.84. The molecule has 3 rings (SSSR count). The zero-order valence-electron chi connectivity index (χ0n) is 11.7. The van der Waals surface area contributed by atoms with Gasteiger partial charge in [-0.2, -0.15) is 9.37 Å². The molecule has 0 saturated heterocycles. The highest BCUT2D eigenvalue weighted by molar-refractivity contribution is 7.93.